The van der Waals surface area contributed by atoms with Gasteiger partial charge in [0.2, 0.25) is 5.96 Å². The number of H-pyrrole nitrogens is 1. The van der Waals surface area contributed by atoms with E-state index >= 15 is 0 Å². The van der Waals surface area contributed by atoms with Crippen molar-refractivity contribution in [3.05, 3.63) is 59.8 Å². The molecule has 0 saturated carbocycles. The molecule has 29 heavy (non-hydrogen) atoms. The zero-order valence-corrected chi connectivity index (χ0v) is 16.4. The van der Waals surface area contributed by atoms with E-state index in [1.165, 1.54) is 0 Å². The van der Waals surface area contributed by atoms with Crippen LogP contribution in [0.15, 0.2) is 53.5 Å². The van der Waals surface area contributed by atoms with Crippen LogP contribution in [0.3, 0.4) is 0 Å². The highest BCUT2D eigenvalue weighted by Gasteiger charge is 2.12. The Morgan fingerprint density at radius 3 is 2.72 bits per heavy atom. The van der Waals surface area contributed by atoms with E-state index in [0.29, 0.717) is 5.69 Å². The van der Waals surface area contributed by atoms with E-state index in [-0.39, 0.29) is 11.9 Å². The van der Waals surface area contributed by atoms with E-state index in [1.807, 2.05) is 48.5 Å². The van der Waals surface area contributed by atoms with E-state index in [1.54, 1.807) is 7.11 Å². The Balaban J connectivity index is 1.38. The van der Waals surface area contributed by atoms with Crippen molar-refractivity contribution in [1.29, 1.82) is 0 Å². The monoisotopic (exact) mass is 392 g/mol. The van der Waals surface area contributed by atoms with Gasteiger partial charge in [-0.25, -0.2) is 5.43 Å². The predicted molar refractivity (Wildman–Crippen MR) is 114 cm³/mol. The van der Waals surface area contributed by atoms with Crippen molar-refractivity contribution >= 4 is 28.5 Å². The van der Waals surface area contributed by atoms with Crippen LogP contribution in [0.4, 0.5) is 5.69 Å². The molecule has 5 N–H and O–H groups in total. The van der Waals surface area contributed by atoms with Gasteiger partial charge in [0.15, 0.2) is 0 Å². The maximum absolute atomic E-state index is 12.6. The standard InChI is InChI=1S/C21H24N6O2/c1-13(26-27-21-22-9-10-23-21)14-3-5-16(6-4-14)24-20(28)19-12-15-11-17(29-2)7-8-18(15)25-19/h3-8,11-13,25-26H,9-10H2,1-2H3,(H,24,28)(H2,22,23,27). The van der Waals surface area contributed by atoms with Gasteiger partial charge in [-0.3, -0.25) is 15.2 Å². The summed E-state index contributed by atoms with van der Waals surface area (Å²) in [5.74, 6) is 1.33. The van der Waals surface area contributed by atoms with Crippen LogP contribution in [0.2, 0.25) is 0 Å². The molecule has 2 heterocycles. The molecule has 0 bridgehead atoms. The number of carbonyl (C=O) groups is 1. The number of aromatic nitrogens is 1. The van der Waals surface area contributed by atoms with Crippen LogP contribution in [-0.2, 0) is 0 Å². The second kappa shape index (κ2) is 8.24. The molecule has 0 saturated heterocycles. The molecule has 8 nitrogen and oxygen atoms in total. The molecule has 1 aromatic heterocycles. The number of nitrogens with zero attached hydrogens (tertiary/aromatic N) is 1. The summed E-state index contributed by atoms with van der Waals surface area (Å²) in [6, 6.07) is 15.3. The number of methoxy groups -OCH3 is 1. The summed E-state index contributed by atoms with van der Waals surface area (Å²) in [7, 11) is 1.62. The number of ether oxygens (including phenoxy) is 1. The highest BCUT2D eigenvalue weighted by Crippen LogP contribution is 2.22. The van der Waals surface area contributed by atoms with Crippen molar-refractivity contribution in [2.75, 3.05) is 25.5 Å². The van der Waals surface area contributed by atoms with Gasteiger partial charge < -0.3 is 20.4 Å². The van der Waals surface area contributed by atoms with Crippen molar-refractivity contribution < 1.29 is 9.53 Å². The van der Waals surface area contributed by atoms with Crippen LogP contribution in [0.5, 0.6) is 5.75 Å². The summed E-state index contributed by atoms with van der Waals surface area (Å²) in [6.07, 6.45) is 0. The normalized spacial score (nSPS) is 14.2. The Morgan fingerprint density at radius 1 is 1.17 bits per heavy atom. The molecule has 1 aliphatic heterocycles. The summed E-state index contributed by atoms with van der Waals surface area (Å²) in [6.45, 7) is 3.70. The van der Waals surface area contributed by atoms with Gasteiger partial charge in [-0.15, -0.1) is 0 Å². The fourth-order valence-electron chi connectivity index (χ4n) is 3.16. The van der Waals surface area contributed by atoms with Crippen LogP contribution in [0.1, 0.15) is 29.0 Å². The predicted octanol–water partition coefficient (Wildman–Crippen LogP) is 2.54. The number of benzene rings is 2. The van der Waals surface area contributed by atoms with Gasteiger partial charge in [-0.05, 0) is 48.9 Å². The first-order valence-electron chi connectivity index (χ1n) is 9.50. The van der Waals surface area contributed by atoms with E-state index in [0.717, 1.165) is 47.0 Å². The number of anilines is 1. The van der Waals surface area contributed by atoms with Gasteiger partial charge in [0, 0.05) is 29.2 Å². The Bertz CT molecular complexity index is 1040. The molecule has 1 atom stereocenters. The maximum atomic E-state index is 12.6. The van der Waals surface area contributed by atoms with Gasteiger partial charge >= 0.3 is 0 Å². The Kier molecular flexibility index (Phi) is 5.35. The number of hydrazine groups is 1. The van der Waals surface area contributed by atoms with Gasteiger partial charge in [0.05, 0.1) is 13.7 Å². The average molecular weight is 392 g/mol. The average Bonchev–Trinajstić information content (AvgIpc) is 3.41. The van der Waals surface area contributed by atoms with Crippen molar-refractivity contribution in [2.24, 2.45) is 4.99 Å². The Labute approximate surface area is 168 Å². The summed E-state index contributed by atoms with van der Waals surface area (Å²) in [4.78, 5) is 20.0. The van der Waals surface area contributed by atoms with Crippen LogP contribution in [-0.4, -0.2) is 37.1 Å². The molecule has 2 aromatic carbocycles. The zero-order chi connectivity index (χ0) is 20.2. The third-order valence-electron chi connectivity index (χ3n) is 4.82. The van der Waals surface area contributed by atoms with Crippen LogP contribution >= 0.6 is 0 Å². The first-order valence-corrected chi connectivity index (χ1v) is 9.50. The van der Waals surface area contributed by atoms with Crippen molar-refractivity contribution in [3.8, 4) is 5.75 Å². The number of hydrogen-bond acceptors (Lipinski definition) is 6. The van der Waals surface area contributed by atoms with Crippen LogP contribution in [0.25, 0.3) is 10.9 Å². The lowest BCUT2D eigenvalue weighted by molar-refractivity contribution is 0.102. The number of guanidine groups is 1. The van der Waals surface area contributed by atoms with Gasteiger partial charge in [-0.1, -0.05) is 12.1 Å². The van der Waals surface area contributed by atoms with Crippen LogP contribution in [0, 0.1) is 0 Å². The highest BCUT2D eigenvalue weighted by molar-refractivity contribution is 6.06. The lowest BCUT2D eigenvalue weighted by Gasteiger charge is -2.16. The molecule has 3 aromatic rings. The van der Waals surface area contributed by atoms with E-state index in [2.05, 4.69) is 38.4 Å². The van der Waals surface area contributed by atoms with E-state index < -0.39 is 0 Å². The largest absolute Gasteiger partial charge is 0.497 e. The first kappa shape index (κ1) is 18.8. The minimum atomic E-state index is -0.189. The second-order valence-electron chi connectivity index (χ2n) is 6.86. The summed E-state index contributed by atoms with van der Waals surface area (Å²) >= 11 is 0. The van der Waals surface area contributed by atoms with Crippen LogP contribution < -0.4 is 26.2 Å². The number of hydrogen-bond donors (Lipinski definition) is 5. The molecule has 150 valence electrons. The SMILES string of the molecule is COc1ccc2[nH]c(C(=O)Nc3ccc(C(C)NNC4=NCCN4)cc3)cc2c1. The molecule has 0 fully saturated rings. The minimum absolute atomic E-state index is 0.0774. The quantitative estimate of drug-likeness (QED) is 0.415. The van der Waals surface area contributed by atoms with Gasteiger partial charge in [0.1, 0.15) is 11.4 Å². The molecule has 1 unspecified atom stereocenters. The number of aliphatic imine (C=N–C) groups is 1. The molecule has 1 amide bonds. The number of aromatic amines is 1. The fourth-order valence-corrected chi connectivity index (χ4v) is 3.16. The topological polar surface area (TPSA) is 103 Å². The van der Waals surface area contributed by atoms with Crippen molar-refractivity contribution in [1.82, 2.24) is 21.2 Å². The third-order valence-corrected chi connectivity index (χ3v) is 4.82. The third kappa shape index (κ3) is 4.33. The maximum Gasteiger partial charge on any atom is 0.272 e. The van der Waals surface area contributed by atoms with E-state index in [4.69, 9.17) is 4.74 Å². The summed E-state index contributed by atoms with van der Waals surface area (Å²) < 4.78 is 5.23. The summed E-state index contributed by atoms with van der Waals surface area (Å²) in [5, 5.41) is 7.00. The Morgan fingerprint density at radius 2 is 2.00 bits per heavy atom. The van der Waals surface area contributed by atoms with Crippen molar-refractivity contribution in [2.45, 2.75) is 13.0 Å². The fraction of sp³-hybridized carbons (Fsp3) is 0.238. The number of fused-ring (bicyclic) bond motifs is 1. The number of carbonyl (C=O) groups excluding carboxylic acids is 1. The zero-order valence-electron chi connectivity index (χ0n) is 16.4. The molecule has 4 rings (SSSR count). The first-order chi connectivity index (χ1) is 14.1. The number of nitrogens with one attached hydrogen (secondary N) is 5. The molecular weight excluding hydrogens is 368 g/mol. The summed E-state index contributed by atoms with van der Waals surface area (Å²) in [5.41, 5.74) is 9.49. The molecule has 0 aliphatic carbocycles. The lowest BCUT2D eigenvalue weighted by Crippen LogP contribution is -2.44. The second-order valence-corrected chi connectivity index (χ2v) is 6.86. The highest BCUT2D eigenvalue weighted by atomic mass is 16.5. The molecule has 0 radical (unpaired) electrons. The molecule has 8 heteroatoms. The lowest BCUT2D eigenvalue weighted by atomic mass is 10.1. The Hall–Kier alpha value is -3.52. The van der Waals surface area contributed by atoms with E-state index in [9.17, 15) is 4.79 Å². The number of amides is 1. The van der Waals surface area contributed by atoms with Crippen molar-refractivity contribution in [3.63, 3.8) is 0 Å². The minimum Gasteiger partial charge on any atom is -0.497 e. The molecule has 0 spiro atoms. The van der Waals surface area contributed by atoms with Gasteiger partial charge in [-0.2, -0.15) is 0 Å². The number of rotatable bonds is 6. The molecular formula is C21H24N6O2. The van der Waals surface area contributed by atoms with Gasteiger partial charge in [0.25, 0.3) is 5.91 Å². The smallest absolute Gasteiger partial charge is 0.272 e. The molecule has 1 aliphatic rings.